The van der Waals surface area contributed by atoms with Crippen molar-refractivity contribution in [3.05, 3.63) is 47.9 Å². The summed E-state index contributed by atoms with van der Waals surface area (Å²) in [5.74, 6) is 2.50. The third kappa shape index (κ3) is 5.30. The molecule has 0 bridgehead atoms. The summed E-state index contributed by atoms with van der Waals surface area (Å²) in [5, 5.41) is 7.35. The highest BCUT2D eigenvalue weighted by Gasteiger charge is 2.20. The maximum absolute atomic E-state index is 11.9. The van der Waals surface area contributed by atoms with Crippen LogP contribution in [0.25, 0.3) is 16.9 Å². The van der Waals surface area contributed by atoms with E-state index in [0.717, 1.165) is 0 Å². The molecular weight excluding hydrogens is 478 g/mol. The molecule has 4 aromatic rings. The van der Waals surface area contributed by atoms with Crippen LogP contribution >= 0.6 is 0 Å². The van der Waals surface area contributed by atoms with E-state index in [9.17, 15) is 9.59 Å². The monoisotopic (exact) mass is 505 g/mol. The molecule has 0 spiro atoms. The van der Waals surface area contributed by atoms with E-state index in [1.807, 2.05) is 13.8 Å². The molecular formula is C26H27N5O6. The minimum absolute atomic E-state index is 0.178. The molecule has 11 nitrogen and oxygen atoms in total. The summed E-state index contributed by atoms with van der Waals surface area (Å²) >= 11 is 0. The zero-order valence-corrected chi connectivity index (χ0v) is 21.4. The summed E-state index contributed by atoms with van der Waals surface area (Å²) in [6.45, 7) is 5.06. The van der Waals surface area contributed by atoms with Crippen LogP contribution in [-0.4, -0.2) is 52.6 Å². The molecule has 1 amide bonds. The predicted octanol–water partition coefficient (Wildman–Crippen LogP) is 4.14. The van der Waals surface area contributed by atoms with Gasteiger partial charge in [-0.15, -0.1) is 5.10 Å². The molecule has 0 radical (unpaired) electrons. The van der Waals surface area contributed by atoms with Crippen LogP contribution in [-0.2, 0) is 9.59 Å². The van der Waals surface area contributed by atoms with Crippen LogP contribution in [0, 0.1) is 13.8 Å². The number of benzene rings is 2. The molecule has 2 aromatic heterocycles. The number of aryl methyl sites for hydroxylation is 2. The van der Waals surface area contributed by atoms with Crippen molar-refractivity contribution < 1.29 is 28.5 Å². The van der Waals surface area contributed by atoms with Crippen molar-refractivity contribution in [3.8, 4) is 40.3 Å². The second-order valence-corrected chi connectivity index (χ2v) is 8.21. The van der Waals surface area contributed by atoms with E-state index < -0.39 is 0 Å². The van der Waals surface area contributed by atoms with Crippen LogP contribution in [0.1, 0.15) is 24.9 Å². The lowest BCUT2D eigenvalue weighted by molar-refractivity contribution is -0.124. The van der Waals surface area contributed by atoms with Gasteiger partial charge in [-0.25, -0.2) is 9.50 Å². The molecule has 2 aromatic carbocycles. The first-order valence-electron chi connectivity index (χ1n) is 11.4. The quantitative estimate of drug-likeness (QED) is 0.334. The third-order valence-corrected chi connectivity index (χ3v) is 5.48. The fourth-order valence-electron chi connectivity index (χ4n) is 3.85. The van der Waals surface area contributed by atoms with Crippen molar-refractivity contribution in [1.82, 2.24) is 19.6 Å². The number of hydrogen-bond donors (Lipinski definition) is 1. The molecule has 0 aliphatic heterocycles. The Morgan fingerprint density at radius 2 is 1.59 bits per heavy atom. The Hall–Kier alpha value is -4.67. The normalized spacial score (nSPS) is 10.8. The van der Waals surface area contributed by atoms with Crippen LogP contribution < -0.4 is 24.3 Å². The van der Waals surface area contributed by atoms with Crippen LogP contribution in [0.4, 0.5) is 5.69 Å². The number of hydrogen-bond acceptors (Lipinski definition) is 9. The van der Waals surface area contributed by atoms with Crippen molar-refractivity contribution in [2.24, 2.45) is 0 Å². The molecule has 11 heteroatoms. The Kier molecular flexibility index (Phi) is 7.23. The Bertz CT molecular complexity index is 1450. The van der Waals surface area contributed by atoms with Gasteiger partial charge >= 0.3 is 0 Å². The fourth-order valence-corrected chi connectivity index (χ4v) is 3.85. The highest BCUT2D eigenvalue weighted by molar-refractivity contribution is 6.03. The molecule has 0 aliphatic carbocycles. The predicted molar refractivity (Wildman–Crippen MR) is 136 cm³/mol. The second kappa shape index (κ2) is 10.5. The van der Waals surface area contributed by atoms with Gasteiger partial charge in [0.1, 0.15) is 17.4 Å². The molecule has 4 rings (SSSR count). The van der Waals surface area contributed by atoms with Crippen molar-refractivity contribution in [1.29, 1.82) is 0 Å². The number of rotatable bonds is 9. The number of methoxy groups -OCH3 is 3. The summed E-state index contributed by atoms with van der Waals surface area (Å²) in [6.07, 6.45) is -0.178. The fraction of sp³-hybridized carbons (Fsp3) is 0.269. The smallest absolute Gasteiger partial charge is 0.249 e. The number of carbonyl (C=O) groups excluding carboxylic acids is 2. The van der Waals surface area contributed by atoms with Gasteiger partial charge in [0.25, 0.3) is 0 Å². The number of carbonyl (C=O) groups is 2. The maximum Gasteiger partial charge on any atom is 0.249 e. The van der Waals surface area contributed by atoms with Gasteiger partial charge in [0.05, 0.1) is 33.4 Å². The highest BCUT2D eigenvalue weighted by atomic mass is 16.5. The molecule has 0 saturated heterocycles. The zero-order chi connectivity index (χ0) is 26.7. The van der Waals surface area contributed by atoms with Crippen LogP contribution in [0.3, 0.4) is 0 Å². The number of ketones is 1. The molecule has 0 atom stereocenters. The largest absolute Gasteiger partial charge is 0.493 e. The van der Waals surface area contributed by atoms with Gasteiger partial charge in [-0.3, -0.25) is 9.59 Å². The van der Waals surface area contributed by atoms with E-state index in [-0.39, 0.29) is 24.0 Å². The van der Waals surface area contributed by atoms with Gasteiger partial charge in [-0.2, -0.15) is 4.98 Å². The van der Waals surface area contributed by atoms with Gasteiger partial charge in [-0.05, 0) is 45.0 Å². The summed E-state index contributed by atoms with van der Waals surface area (Å²) < 4.78 is 24.2. The first-order chi connectivity index (χ1) is 17.7. The van der Waals surface area contributed by atoms with Gasteiger partial charge in [-0.1, -0.05) is 0 Å². The summed E-state index contributed by atoms with van der Waals surface area (Å²) in [7, 11) is 4.58. The first-order valence-corrected chi connectivity index (χ1v) is 11.4. The number of anilines is 1. The Morgan fingerprint density at radius 3 is 2.16 bits per heavy atom. The van der Waals surface area contributed by atoms with Crippen molar-refractivity contribution in [2.75, 3.05) is 26.6 Å². The van der Waals surface area contributed by atoms with Crippen LogP contribution in [0.2, 0.25) is 0 Å². The number of ether oxygens (including phenoxy) is 4. The molecule has 0 saturated carbocycles. The van der Waals surface area contributed by atoms with Crippen molar-refractivity contribution >= 4 is 22.9 Å². The van der Waals surface area contributed by atoms with Crippen LogP contribution in [0.5, 0.6) is 28.9 Å². The van der Waals surface area contributed by atoms with E-state index >= 15 is 0 Å². The minimum Gasteiger partial charge on any atom is -0.493 e. The Morgan fingerprint density at radius 1 is 0.946 bits per heavy atom. The lowest BCUT2D eigenvalue weighted by atomic mass is 10.2. The summed E-state index contributed by atoms with van der Waals surface area (Å²) in [4.78, 5) is 32.3. The van der Waals surface area contributed by atoms with E-state index in [1.54, 1.807) is 40.9 Å². The van der Waals surface area contributed by atoms with Gasteiger partial charge in [0, 0.05) is 23.4 Å². The second-order valence-electron chi connectivity index (χ2n) is 8.21. The average Bonchev–Trinajstić information content (AvgIpc) is 3.16. The minimum atomic E-state index is -0.372. The first kappa shape index (κ1) is 25.4. The molecule has 37 heavy (non-hydrogen) atoms. The molecule has 2 heterocycles. The average molecular weight is 506 g/mol. The molecule has 192 valence electrons. The summed E-state index contributed by atoms with van der Waals surface area (Å²) in [5.41, 5.74) is 2.56. The summed E-state index contributed by atoms with van der Waals surface area (Å²) in [6, 6.07) is 10.3. The molecule has 1 N–H and O–H groups in total. The topological polar surface area (TPSA) is 126 Å². The Labute approximate surface area is 213 Å². The number of nitrogens with one attached hydrogen (secondary N) is 1. The van der Waals surface area contributed by atoms with Gasteiger partial charge in [0.2, 0.25) is 17.5 Å². The number of imidazole rings is 1. The lowest BCUT2D eigenvalue weighted by Crippen LogP contribution is -2.14. The zero-order valence-electron chi connectivity index (χ0n) is 21.4. The van der Waals surface area contributed by atoms with E-state index in [0.29, 0.717) is 57.1 Å². The SMILES string of the molecule is COc1cc(Oc2nc(-c3ccc(NC(=O)CC(C)=O)cc3)nn3c(C)nc(C)c23)cc(OC)c1OC. The number of nitrogens with zero attached hydrogens (tertiary/aromatic N) is 4. The van der Waals surface area contributed by atoms with E-state index in [1.165, 1.54) is 28.3 Å². The van der Waals surface area contributed by atoms with E-state index in [2.05, 4.69) is 20.4 Å². The van der Waals surface area contributed by atoms with Crippen molar-refractivity contribution in [3.63, 3.8) is 0 Å². The van der Waals surface area contributed by atoms with Gasteiger partial charge < -0.3 is 24.3 Å². The number of fused-ring (bicyclic) bond motifs is 1. The Balaban J connectivity index is 1.74. The van der Waals surface area contributed by atoms with E-state index in [4.69, 9.17) is 18.9 Å². The molecule has 0 unspecified atom stereocenters. The maximum atomic E-state index is 11.9. The van der Waals surface area contributed by atoms with Crippen LogP contribution in [0.15, 0.2) is 36.4 Å². The third-order valence-electron chi connectivity index (χ3n) is 5.48. The molecule has 0 aliphatic rings. The number of aromatic nitrogens is 4. The van der Waals surface area contributed by atoms with Crippen molar-refractivity contribution in [2.45, 2.75) is 27.2 Å². The number of Topliss-reactive ketones (excluding diaryl/α,β-unsaturated/α-hetero) is 1. The molecule has 0 fully saturated rings. The highest BCUT2D eigenvalue weighted by Crippen LogP contribution is 2.42. The number of amides is 1. The lowest BCUT2D eigenvalue weighted by Gasteiger charge is -2.15. The van der Waals surface area contributed by atoms with Gasteiger partial charge in [0.15, 0.2) is 22.8 Å². The standard InChI is InChI=1S/C26H27N5O6/c1-14(32)11-22(33)28-18-9-7-17(8-10-18)25-29-26(23-15(2)27-16(3)31(23)30-25)37-19-12-20(34-4)24(36-6)21(13-19)35-5/h7-10,12-13H,11H2,1-6H3,(H,28,33).